The van der Waals surface area contributed by atoms with E-state index in [0.717, 1.165) is 21.7 Å². The van der Waals surface area contributed by atoms with Crippen molar-refractivity contribution >= 4 is 27.6 Å². The molecule has 2 aromatic carbocycles. The van der Waals surface area contributed by atoms with Crippen LogP contribution >= 0.6 is 15.9 Å². The van der Waals surface area contributed by atoms with Crippen molar-refractivity contribution < 1.29 is 19.4 Å². The van der Waals surface area contributed by atoms with Crippen LogP contribution in [0.2, 0.25) is 0 Å². The first kappa shape index (κ1) is 16.7. The monoisotopic (exact) mass is 441 g/mol. The molecule has 4 aliphatic rings. The normalized spacial score (nSPS) is 31.2. The van der Waals surface area contributed by atoms with Gasteiger partial charge in [0.1, 0.15) is 0 Å². The molecule has 2 heterocycles. The van der Waals surface area contributed by atoms with Crippen LogP contribution in [0.15, 0.2) is 34.8 Å². The van der Waals surface area contributed by atoms with Gasteiger partial charge in [-0.15, -0.1) is 0 Å². The highest BCUT2D eigenvalue weighted by molar-refractivity contribution is 9.10. The minimum atomic E-state index is -0.858. The predicted octanol–water partition coefficient (Wildman–Crippen LogP) is 5.17. The second-order valence-electron chi connectivity index (χ2n) is 8.39. The fourth-order valence-electron chi connectivity index (χ4n) is 6.10. The lowest BCUT2D eigenvalue weighted by Crippen LogP contribution is -2.35. The van der Waals surface area contributed by atoms with E-state index in [1.54, 1.807) is 6.07 Å². The van der Waals surface area contributed by atoms with Gasteiger partial charge in [-0.05, 0) is 84.4 Å². The molecule has 2 aromatic rings. The highest BCUT2D eigenvalue weighted by Crippen LogP contribution is 2.64. The summed E-state index contributed by atoms with van der Waals surface area (Å²) in [6.07, 6.45) is 3.75. The van der Waals surface area contributed by atoms with Crippen LogP contribution in [0.1, 0.15) is 52.7 Å². The van der Waals surface area contributed by atoms with Gasteiger partial charge in [0.05, 0.1) is 11.6 Å². The Morgan fingerprint density at radius 2 is 1.86 bits per heavy atom. The van der Waals surface area contributed by atoms with Crippen LogP contribution in [0, 0.1) is 17.8 Å². The average molecular weight is 442 g/mol. The molecule has 5 nitrogen and oxygen atoms in total. The van der Waals surface area contributed by atoms with Gasteiger partial charge in [0.15, 0.2) is 11.5 Å². The van der Waals surface area contributed by atoms with E-state index in [1.807, 2.05) is 18.2 Å². The smallest absolute Gasteiger partial charge is 0.335 e. The lowest BCUT2D eigenvalue weighted by atomic mass is 9.68. The Balaban J connectivity index is 1.49. The summed E-state index contributed by atoms with van der Waals surface area (Å²) in [7, 11) is 0. The van der Waals surface area contributed by atoms with Crippen molar-refractivity contribution in [3.8, 4) is 11.5 Å². The molecule has 2 fully saturated rings. The van der Waals surface area contributed by atoms with Crippen LogP contribution < -0.4 is 14.8 Å². The largest absolute Gasteiger partial charge is 0.478 e. The zero-order valence-corrected chi connectivity index (χ0v) is 16.7. The topological polar surface area (TPSA) is 67.8 Å². The maximum absolute atomic E-state index is 11.5. The summed E-state index contributed by atoms with van der Waals surface area (Å²) >= 11 is 3.75. The van der Waals surface area contributed by atoms with Gasteiger partial charge in [0.2, 0.25) is 6.79 Å². The molecule has 144 valence electrons. The van der Waals surface area contributed by atoms with Gasteiger partial charge in [-0.3, -0.25) is 0 Å². The van der Waals surface area contributed by atoms with Crippen molar-refractivity contribution in [2.45, 2.75) is 31.2 Å². The summed E-state index contributed by atoms with van der Waals surface area (Å²) < 4.78 is 12.2. The number of ether oxygens (including phenoxy) is 2. The maximum Gasteiger partial charge on any atom is 0.335 e. The van der Waals surface area contributed by atoms with Gasteiger partial charge < -0.3 is 19.9 Å². The molecule has 0 spiro atoms. The molecule has 0 amide bonds. The number of nitrogens with one attached hydrogen (secondary N) is 1. The number of rotatable bonds is 2. The van der Waals surface area contributed by atoms with Gasteiger partial charge in [0, 0.05) is 10.2 Å². The van der Waals surface area contributed by atoms with Crippen LogP contribution in [0.5, 0.6) is 11.5 Å². The molecular formula is C22H20BrNO4. The summed E-state index contributed by atoms with van der Waals surface area (Å²) in [5.41, 5.74) is 3.82. The third-order valence-electron chi connectivity index (χ3n) is 7.16. The van der Waals surface area contributed by atoms with E-state index in [2.05, 4.69) is 27.3 Å². The Bertz CT molecular complexity index is 1010. The molecule has 0 aromatic heterocycles. The summed E-state index contributed by atoms with van der Waals surface area (Å²) in [5, 5.41) is 13.2. The van der Waals surface area contributed by atoms with Crippen LogP contribution in [0.4, 0.5) is 5.69 Å². The summed E-state index contributed by atoms with van der Waals surface area (Å²) in [4.78, 5) is 11.5. The Labute approximate surface area is 171 Å². The highest BCUT2D eigenvalue weighted by Gasteiger charge is 2.54. The average Bonchev–Trinajstić information content (AvgIpc) is 3.42. The van der Waals surface area contributed by atoms with E-state index in [-0.39, 0.29) is 12.8 Å². The number of carboxylic acid groups (broad SMARTS) is 1. The van der Waals surface area contributed by atoms with Crippen molar-refractivity contribution in [2.75, 3.05) is 12.1 Å². The fourth-order valence-corrected chi connectivity index (χ4v) is 6.67. The van der Waals surface area contributed by atoms with Gasteiger partial charge in [-0.25, -0.2) is 4.79 Å². The zero-order valence-electron chi connectivity index (χ0n) is 15.2. The molecule has 5 atom stereocenters. The maximum atomic E-state index is 11.5. The highest BCUT2D eigenvalue weighted by atomic mass is 79.9. The molecule has 2 aliphatic carbocycles. The zero-order chi connectivity index (χ0) is 19.0. The minimum absolute atomic E-state index is 0.173. The van der Waals surface area contributed by atoms with Gasteiger partial charge in [-0.2, -0.15) is 0 Å². The van der Waals surface area contributed by atoms with Crippen LogP contribution in [0.25, 0.3) is 0 Å². The van der Waals surface area contributed by atoms with Crippen LogP contribution in [-0.2, 0) is 0 Å². The first-order valence-electron chi connectivity index (χ1n) is 9.83. The first-order valence-corrected chi connectivity index (χ1v) is 10.6. The summed E-state index contributed by atoms with van der Waals surface area (Å²) in [6, 6.07) is 9.82. The van der Waals surface area contributed by atoms with Crippen molar-refractivity contribution in [3.63, 3.8) is 0 Å². The third-order valence-corrected chi connectivity index (χ3v) is 7.85. The van der Waals surface area contributed by atoms with E-state index < -0.39 is 5.97 Å². The predicted molar refractivity (Wildman–Crippen MR) is 107 cm³/mol. The second kappa shape index (κ2) is 5.89. The number of halogens is 1. The van der Waals surface area contributed by atoms with Crippen molar-refractivity contribution in [3.05, 3.63) is 51.5 Å². The van der Waals surface area contributed by atoms with E-state index in [0.29, 0.717) is 29.2 Å². The van der Waals surface area contributed by atoms with E-state index in [1.165, 1.54) is 30.4 Å². The third kappa shape index (κ3) is 2.27. The lowest BCUT2D eigenvalue weighted by molar-refractivity contribution is 0.0696. The SMILES string of the molecule is O=C(O)c1ccc2c(c1)[C@@H]1[C@H]3CC[C@@H](C3)[C@H]1[C@H](c1cc3c(cc1Br)OCO3)N2. The quantitative estimate of drug-likeness (QED) is 0.672. The Morgan fingerprint density at radius 1 is 1.07 bits per heavy atom. The number of carbonyl (C=O) groups is 1. The molecule has 6 heteroatoms. The molecule has 28 heavy (non-hydrogen) atoms. The number of hydrogen-bond acceptors (Lipinski definition) is 4. The molecule has 2 N–H and O–H groups in total. The Hall–Kier alpha value is -2.21. The van der Waals surface area contributed by atoms with Gasteiger partial charge in [-0.1, -0.05) is 15.9 Å². The number of aromatic carboxylic acids is 1. The van der Waals surface area contributed by atoms with Crippen LogP contribution in [0.3, 0.4) is 0 Å². The Kier molecular flexibility index (Phi) is 3.52. The molecule has 6 rings (SSSR count). The molecule has 0 saturated heterocycles. The molecular weight excluding hydrogens is 422 g/mol. The molecule has 2 aliphatic heterocycles. The molecule has 2 bridgehead atoms. The minimum Gasteiger partial charge on any atom is -0.478 e. The summed E-state index contributed by atoms with van der Waals surface area (Å²) in [5.74, 6) is 2.92. The molecule has 0 radical (unpaired) electrons. The number of fused-ring (bicyclic) bond motifs is 8. The van der Waals surface area contributed by atoms with Crippen molar-refractivity contribution in [2.24, 2.45) is 17.8 Å². The van der Waals surface area contributed by atoms with Gasteiger partial charge >= 0.3 is 5.97 Å². The lowest BCUT2D eigenvalue weighted by Gasteiger charge is -2.44. The number of carboxylic acids is 1. The number of benzene rings is 2. The van der Waals surface area contributed by atoms with Crippen LogP contribution in [-0.4, -0.2) is 17.9 Å². The van der Waals surface area contributed by atoms with Crippen molar-refractivity contribution in [1.29, 1.82) is 0 Å². The number of anilines is 1. The Morgan fingerprint density at radius 3 is 2.68 bits per heavy atom. The van der Waals surface area contributed by atoms with Gasteiger partial charge in [0.25, 0.3) is 0 Å². The standard InChI is InChI=1S/C22H20BrNO4/c23-15-8-18-17(27-9-28-18)7-13(15)21-20-11-2-1-10(5-11)19(20)14-6-12(22(25)26)3-4-16(14)24-21/h3-4,6-8,10-11,19-21,24H,1-2,5,9H2,(H,25,26)/t10-,11-,19-,20+,21-/m0/s1. The second-order valence-corrected chi connectivity index (χ2v) is 9.25. The molecule has 2 saturated carbocycles. The van der Waals surface area contributed by atoms with E-state index in [9.17, 15) is 9.90 Å². The van der Waals surface area contributed by atoms with E-state index in [4.69, 9.17) is 9.47 Å². The van der Waals surface area contributed by atoms with E-state index >= 15 is 0 Å². The fraction of sp³-hybridized carbons (Fsp3) is 0.409. The molecule has 0 unspecified atom stereocenters. The summed E-state index contributed by atoms with van der Waals surface area (Å²) in [6.45, 7) is 0.265. The first-order chi connectivity index (χ1) is 13.6. The van der Waals surface area contributed by atoms with Crippen molar-refractivity contribution in [1.82, 2.24) is 0 Å². The number of hydrogen-bond donors (Lipinski definition) is 2.